The zero-order chi connectivity index (χ0) is 40.8. The van der Waals surface area contributed by atoms with Gasteiger partial charge in [-0.25, -0.2) is 0 Å². The molecule has 9 aromatic rings. The molecular weight excluding hydrogens is 771 g/mol. The van der Waals surface area contributed by atoms with Gasteiger partial charge in [0.1, 0.15) is 5.82 Å². The molecule has 0 radical (unpaired) electrons. The van der Waals surface area contributed by atoms with E-state index in [1.54, 1.807) is 5.56 Å². The van der Waals surface area contributed by atoms with Gasteiger partial charge >= 0.3 is 0 Å². The minimum Gasteiger partial charge on any atom is -0.310 e. The van der Waals surface area contributed by atoms with Gasteiger partial charge in [-0.2, -0.15) is 0 Å². The molecule has 5 aliphatic rings. The molecule has 0 atom stereocenters. The Morgan fingerprint density at radius 3 is 1.81 bits per heavy atom. The fraction of sp³-hybridized carbons (Fsp3) is 0.172. The number of anilines is 6. The van der Waals surface area contributed by atoms with Crippen LogP contribution in [0.2, 0.25) is 0 Å². The van der Waals surface area contributed by atoms with Crippen LogP contribution in [0.3, 0.4) is 0 Å². The van der Waals surface area contributed by atoms with Crippen molar-refractivity contribution in [2.45, 2.75) is 53.7 Å². The quantitative estimate of drug-likeness (QED) is 0.159. The number of nitrogens with zero attached hydrogens (tertiary/aromatic N) is 3. The number of benzene rings is 8. The number of fused-ring (bicyclic) bond motifs is 5. The van der Waals surface area contributed by atoms with Crippen LogP contribution in [0.15, 0.2) is 204 Å². The van der Waals surface area contributed by atoms with Gasteiger partial charge in [-0.1, -0.05) is 127 Å². The molecule has 300 valence electrons. The molecule has 4 bridgehead atoms. The van der Waals surface area contributed by atoms with Gasteiger partial charge in [-0.05, 0) is 168 Å². The van der Waals surface area contributed by atoms with Gasteiger partial charge < -0.3 is 4.90 Å². The first-order chi connectivity index (χ1) is 30.6. The number of hydrogen-bond donors (Lipinski definition) is 0. The lowest BCUT2D eigenvalue weighted by Crippen LogP contribution is -2.48. The lowest BCUT2D eigenvalue weighted by molar-refractivity contribution is -0.00518. The van der Waals surface area contributed by atoms with E-state index in [1.165, 1.54) is 98.3 Å². The SMILES string of the molecule is c1ccc(-c2ccc(N(c3ccc(C45CC6CC(CC(C6)C4)C5)cc3)c3ccc4cc(N5c6ccccc6Sc6c5n(-c5ccccc5)c5ccccc65)ccc4c3)cc2)cc1. The summed E-state index contributed by atoms with van der Waals surface area (Å²) in [7, 11) is 0. The molecule has 0 spiro atoms. The highest BCUT2D eigenvalue weighted by Gasteiger charge is 2.51. The zero-order valence-electron chi connectivity index (χ0n) is 34.7. The Morgan fingerprint density at radius 2 is 1.06 bits per heavy atom. The number of aromatic nitrogens is 1. The first kappa shape index (κ1) is 36.2. The smallest absolute Gasteiger partial charge is 0.137 e. The summed E-state index contributed by atoms with van der Waals surface area (Å²) in [6.45, 7) is 0. The Balaban J connectivity index is 0.916. The topological polar surface area (TPSA) is 11.4 Å². The van der Waals surface area contributed by atoms with Crippen molar-refractivity contribution in [3.63, 3.8) is 0 Å². The molecule has 4 aliphatic carbocycles. The zero-order valence-corrected chi connectivity index (χ0v) is 35.5. The van der Waals surface area contributed by atoms with Crippen LogP contribution in [0.25, 0.3) is 38.5 Å². The van der Waals surface area contributed by atoms with E-state index in [-0.39, 0.29) is 0 Å². The fourth-order valence-electron chi connectivity index (χ4n) is 12.4. The summed E-state index contributed by atoms with van der Waals surface area (Å²) in [5, 5.41) is 3.69. The van der Waals surface area contributed by atoms with E-state index in [1.807, 2.05) is 11.8 Å². The van der Waals surface area contributed by atoms with E-state index < -0.39 is 0 Å². The lowest BCUT2D eigenvalue weighted by Gasteiger charge is -2.57. The Bertz CT molecular complexity index is 3100. The van der Waals surface area contributed by atoms with E-state index in [2.05, 4.69) is 208 Å². The number of rotatable bonds is 7. The molecule has 4 heteroatoms. The Hall–Kier alpha value is -6.49. The lowest BCUT2D eigenvalue weighted by atomic mass is 9.48. The van der Waals surface area contributed by atoms with Crippen molar-refractivity contribution in [2.75, 3.05) is 9.80 Å². The Morgan fingerprint density at radius 1 is 0.484 bits per heavy atom. The van der Waals surface area contributed by atoms with Crippen LogP contribution in [0.4, 0.5) is 34.3 Å². The third-order valence-electron chi connectivity index (χ3n) is 14.7. The summed E-state index contributed by atoms with van der Waals surface area (Å²) in [5.41, 5.74) is 12.6. The second-order valence-electron chi connectivity index (χ2n) is 18.5. The van der Waals surface area contributed by atoms with Gasteiger partial charge in [-0.3, -0.25) is 9.47 Å². The third-order valence-corrected chi connectivity index (χ3v) is 15.9. The average molecular weight is 818 g/mol. The van der Waals surface area contributed by atoms with Crippen molar-refractivity contribution in [3.05, 3.63) is 200 Å². The van der Waals surface area contributed by atoms with Crippen LogP contribution in [-0.2, 0) is 5.41 Å². The summed E-state index contributed by atoms with van der Waals surface area (Å²) in [6.07, 6.45) is 8.56. The van der Waals surface area contributed by atoms with Crippen molar-refractivity contribution in [1.82, 2.24) is 4.57 Å². The summed E-state index contributed by atoms with van der Waals surface area (Å²) in [6, 6.07) is 72.1. The normalized spacial score (nSPS) is 21.0. The highest BCUT2D eigenvalue weighted by molar-refractivity contribution is 8.00. The minimum atomic E-state index is 0.375. The maximum Gasteiger partial charge on any atom is 0.137 e. The molecular formula is C58H47N3S. The molecule has 14 rings (SSSR count). The third kappa shape index (κ3) is 5.87. The van der Waals surface area contributed by atoms with E-state index in [0.717, 1.165) is 40.5 Å². The van der Waals surface area contributed by atoms with Crippen LogP contribution in [-0.4, -0.2) is 4.57 Å². The van der Waals surface area contributed by atoms with Crippen LogP contribution in [0, 0.1) is 17.8 Å². The van der Waals surface area contributed by atoms with E-state index >= 15 is 0 Å². The first-order valence-corrected chi connectivity index (χ1v) is 23.3. The van der Waals surface area contributed by atoms with Crippen molar-refractivity contribution in [1.29, 1.82) is 0 Å². The Labute approximate surface area is 368 Å². The highest BCUT2D eigenvalue weighted by atomic mass is 32.2. The van der Waals surface area contributed by atoms with Gasteiger partial charge in [-0.15, -0.1) is 0 Å². The second-order valence-corrected chi connectivity index (χ2v) is 19.5. The van der Waals surface area contributed by atoms with Gasteiger partial charge in [0.25, 0.3) is 0 Å². The van der Waals surface area contributed by atoms with E-state index in [0.29, 0.717) is 5.41 Å². The van der Waals surface area contributed by atoms with Gasteiger partial charge in [0, 0.05) is 38.7 Å². The summed E-state index contributed by atoms with van der Waals surface area (Å²) >= 11 is 1.88. The molecule has 8 aromatic carbocycles. The molecule has 0 amide bonds. The van der Waals surface area contributed by atoms with Crippen molar-refractivity contribution < 1.29 is 0 Å². The summed E-state index contributed by atoms with van der Waals surface area (Å²) < 4.78 is 2.44. The van der Waals surface area contributed by atoms with Crippen molar-refractivity contribution in [2.24, 2.45) is 17.8 Å². The van der Waals surface area contributed by atoms with Crippen LogP contribution in [0.5, 0.6) is 0 Å². The number of para-hydroxylation sites is 3. The maximum atomic E-state index is 2.48. The molecule has 0 unspecified atom stereocenters. The standard InChI is InChI=1S/C58H47N3S/c1-3-11-42(12-4-1)43-19-25-48(26-20-43)59(49-29-23-46(24-30-49)58-36-39-31-40(37-58)33-41(32-39)38-58)50-27-21-45-35-51(28-22-44(45)34-50)61-54-17-9-10-18-55(54)62-56-52-15-7-8-16-53(52)60(57(56)61)47-13-5-2-6-14-47/h1-30,34-35,39-41H,31-33,36-38H2. The van der Waals surface area contributed by atoms with Crippen LogP contribution in [0.1, 0.15) is 44.1 Å². The second kappa shape index (κ2) is 14.3. The van der Waals surface area contributed by atoms with Crippen molar-refractivity contribution in [3.8, 4) is 16.8 Å². The Kier molecular flexibility index (Phi) is 8.34. The molecule has 1 aromatic heterocycles. The van der Waals surface area contributed by atoms with E-state index in [4.69, 9.17) is 0 Å². The monoisotopic (exact) mass is 817 g/mol. The highest BCUT2D eigenvalue weighted by Crippen LogP contribution is 2.61. The predicted octanol–water partition coefficient (Wildman–Crippen LogP) is 16.3. The molecule has 1 aliphatic heterocycles. The van der Waals surface area contributed by atoms with Gasteiger partial charge in [0.05, 0.1) is 16.1 Å². The van der Waals surface area contributed by atoms with Gasteiger partial charge in [0.2, 0.25) is 0 Å². The summed E-state index contributed by atoms with van der Waals surface area (Å²) in [5.74, 6) is 3.97. The molecule has 2 heterocycles. The molecule has 3 nitrogen and oxygen atoms in total. The van der Waals surface area contributed by atoms with Crippen LogP contribution >= 0.6 is 11.8 Å². The number of hydrogen-bond acceptors (Lipinski definition) is 3. The maximum absolute atomic E-state index is 2.48. The fourth-order valence-corrected chi connectivity index (χ4v) is 13.5. The molecule has 0 saturated heterocycles. The molecule has 4 fully saturated rings. The predicted molar refractivity (Wildman–Crippen MR) is 260 cm³/mol. The van der Waals surface area contributed by atoms with Crippen molar-refractivity contribution >= 4 is 67.7 Å². The largest absolute Gasteiger partial charge is 0.310 e. The minimum absolute atomic E-state index is 0.375. The molecule has 0 N–H and O–H groups in total. The molecule has 62 heavy (non-hydrogen) atoms. The average Bonchev–Trinajstić information content (AvgIpc) is 3.65. The first-order valence-electron chi connectivity index (χ1n) is 22.5. The van der Waals surface area contributed by atoms with Crippen LogP contribution < -0.4 is 9.80 Å². The molecule has 4 saturated carbocycles. The van der Waals surface area contributed by atoms with Gasteiger partial charge in [0.15, 0.2) is 0 Å². The summed E-state index contributed by atoms with van der Waals surface area (Å²) in [4.78, 5) is 7.47. The van der Waals surface area contributed by atoms with E-state index in [9.17, 15) is 0 Å².